The van der Waals surface area contributed by atoms with E-state index in [0.717, 1.165) is 0 Å². The molecule has 0 aliphatic rings. The highest BCUT2D eigenvalue weighted by atomic mass is 16.6. The molecule has 19 heavy (non-hydrogen) atoms. The van der Waals surface area contributed by atoms with E-state index in [1.165, 1.54) is 18.2 Å². The van der Waals surface area contributed by atoms with E-state index in [1.54, 1.807) is 6.92 Å². The number of benzene rings is 1. The van der Waals surface area contributed by atoms with Crippen LogP contribution in [0, 0.1) is 16.0 Å². The lowest BCUT2D eigenvalue weighted by atomic mass is 10.1. The van der Waals surface area contributed by atoms with Crippen molar-refractivity contribution in [2.45, 2.75) is 20.8 Å². The van der Waals surface area contributed by atoms with Crippen molar-refractivity contribution in [1.29, 1.82) is 0 Å². The van der Waals surface area contributed by atoms with Crippen LogP contribution in [0.5, 0.6) is 5.75 Å². The van der Waals surface area contributed by atoms with E-state index >= 15 is 0 Å². The second-order valence-corrected chi connectivity index (χ2v) is 4.45. The highest BCUT2D eigenvalue weighted by Gasteiger charge is 2.22. The number of carbonyl (C=O) groups is 1. The van der Waals surface area contributed by atoms with Gasteiger partial charge < -0.3 is 10.1 Å². The summed E-state index contributed by atoms with van der Waals surface area (Å²) in [6, 6.07) is 4.32. The molecule has 1 aromatic carbocycles. The van der Waals surface area contributed by atoms with E-state index in [4.69, 9.17) is 4.74 Å². The largest absolute Gasteiger partial charge is 0.487 e. The molecule has 6 nitrogen and oxygen atoms in total. The van der Waals surface area contributed by atoms with Gasteiger partial charge in [-0.25, -0.2) is 0 Å². The van der Waals surface area contributed by atoms with Gasteiger partial charge >= 0.3 is 5.69 Å². The van der Waals surface area contributed by atoms with Gasteiger partial charge in [0.2, 0.25) is 5.75 Å². The minimum absolute atomic E-state index is 0.0243. The first-order valence-corrected chi connectivity index (χ1v) is 6.15. The van der Waals surface area contributed by atoms with Crippen molar-refractivity contribution in [3.63, 3.8) is 0 Å². The Kier molecular flexibility index (Phi) is 5.29. The van der Waals surface area contributed by atoms with Crippen LogP contribution in [0.15, 0.2) is 18.2 Å². The molecule has 0 aliphatic carbocycles. The molecule has 0 radical (unpaired) electrons. The molecule has 0 aliphatic heterocycles. The van der Waals surface area contributed by atoms with Crippen molar-refractivity contribution in [2.24, 2.45) is 5.92 Å². The predicted octanol–water partition coefficient (Wildman–Crippen LogP) is 2.38. The van der Waals surface area contributed by atoms with E-state index in [2.05, 4.69) is 5.32 Å². The van der Waals surface area contributed by atoms with Gasteiger partial charge in [0.05, 0.1) is 17.1 Å². The van der Waals surface area contributed by atoms with Crippen LogP contribution in [0.2, 0.25) is 0 Å². The zero-order valence-corrected chi connectivity index (χ0v) is 11.3. The fraction of sp³-hybridized carbons (Fsp3) is 0.462. The number of nitro benzene ring substituents is 1. The van der Waals surface area contributed by atoms with E-state index < -0.39 is 4.92 Å². The number of nitrogens with one attached hydrogen (secondary N) is 1. The summed E-state index contributed by atoms with van der Waals surface area (Å²) in [5.74, 6) is -0.0321. The fourth-order valence-corrected chi connectivity index (χ4v) is 1.54. The maximum Gasteiger partial charge on any atom is 0.311 e. The lowest BCUT2D eigenvalue weighted by Gasteiger charge is -2.11. The van der Waals surface area contributed by atoms with Crippen LogP contribution >= 0.6 is 0 Å². The normalized spacial score (nSPS) is 10.3. The van der Waals surface area contributed by atoms with Gasteiger partial charge in [-0.05, 0) is 18.9 Å². The number of para-hydroxylation sites is 1. The number of nitro groups is 1. The first-order valence-electron chi connectivity index (χ1n) is 6.15. The van der Waals surface area contributed by atoms with E-state index in [1.807, 2.05) is 13.8 Å². The third-order valence-electron chi connectivity index (χ3n) is 2.40. The first-order chi connectivity index (χ1) is 8.97. The number of amides is 1. The van der Waals surface area contributed by atoms with Crippen molar-refractivity contribution >= 4 is 11.6 Å². The Morgan fingerprint density at radius 2 is 2.16 bits per heavy atom. The quantitative estimate of drug-likeness (QED) is 0.633. The Balaban J connectivity index is 3.08. The summed E-state index contributed by atoms with van der Waals surface area (Å²) in [5.41, 5.74) is -0.00394. The third-order valence-corrected chi connectivity index (χ3v) is 2.40. The molecule has 0 saturated carbocycles. The van der Waals surface area contributed by atoms with Gasteiger partial charge in [-0.3, -0.25) is 14.9 Å². The van der Waals surface area contributed by atoms with Crippen molar-refractivity contribution in [3.8, 4) is 5.75 Å². The zero-order chi connectivity index (χ0) is 14.4. The SMILES string of the molecule is CCOc1c(C(=O)NCC(C)C)cccc1[N+](=O)[O-]. The number of hydrogen-bond donors (Lipinski definition) is 1. The number of hydrogen-bond acceptors (Lipinski definition) is 4. The van der Waals surface area contributed by atoms with Crippen LogP contribution < -0.4 is 10.1 Å². The molecule has 0 unspecified atom stereocenters. The molecule has 6 heteroatoms. The topological polar surface area (TPSA) is 81.5 Å². The second kappa shape index (κ2) is 6.72. The average Bonchev–Trinajstić information content (AvgIpc) is 2.36. The van der Waals surface area contributed by atoms with Crippen molar-refractivity contribution in [1.82, 2.24) is 5.32 Å². The second-order valence-electron chi connectivity index (χ2n) is 4.45. The number of rotatable bonds is 6. The van der Waals surface area contributed by atoms with Gasteiger partial charge in [0.1, 0.15) is 0 Å². The molecule has 0 aromatic heterocycles. The highest BCUT2D eigenvalue weighted by molar-refractivity contribution is 5.98. The smallest absolute Gasteiger partial charge is 0.311 e. The standard InChI is InChI=1S/C13H18N2O4/c1-4-19-12-10(13(16)14-8-9(2)3)6-5-7-11(12)15(17)18/h5-7,9H,4,8H2,1-3H3,(H,14,16). The summed E-state index contributed by atoms with van der Waals surface area (Å²) in [6.07, 6.45) is 0. The Hall–Kier alpha value is -2.11. The lowest BCUT2D eigenvalue weighted by molar-refractivity contribution is -0.385. The molecule has 0 fully saturated rings. The number of carbonyl (C=O) groups excluding carboxylic acids is 1. The summed E-state index contributed by atoms with van der Waals surface area (Å²) in [7, 11) is 0. The summed E-state index contributed by atoms with van der Waals surface area (Å²) in [5, 5.41) is 13.7. The molecule has 0 saturated heterocycles. The summed E-state index contributed by atoms with van der Waals surface area (Å²) < 4.78 is 5.25. The average molecular weight is 266 g/mol. The van der Waals surface area contributed by atoms with E-state index in [-0.39, 0.29) is 29.5 Å². The van der Waals surface area contributed by atoms with Gasteiger partial charge in [-0.1, -0.05) is 19.9 Å². The molecule has 1 aromatic rings. The van der Waals surface area contributed by atoms with E-state index in [0.29, 0.717) is 12.5 Å². The molecule has 1 N–H and O–H groups in total. The van der Waals surface area contributed by atoms with Crippen molar-refractivity contribution in [2.75, 3.05) is 13.2 Å². The molecule has 0 atom stereocenters. The summed E-state index contributed by atoms with van der Waals surface area (Å²) in [6.45, 7) is 6.42. The van der Waals surface area contributed by atoms with E-state index in [9.17, 15) is 14.9 Å². The van der Waals surface area contributed by atoms with Gasteiger partial charge in [-0.2, -0.15) is 0 Å². The molecule has 0 bridgehead atoms. The van der Waals surface area contributed by atoms with Gasteiger partial charge in [0.25, 0.3) is 5.91 Å². The Morgan fingerprint density at radius 1 is 1.47 bits per heavy atom. The zero-order valence-electron chi connectivity index (χ0n) is 11.3. The Morgan fingerprint density at radius 3 is 2.68 bits per heavy atom. The first kappa shape index (κ1) is 14.9. The maximum absolute atomic E-state index is 12.0. The maximum atomic E-state index is 12.0. The Labute approximate surface area is 111 Å². The third kappa shape index (κ3) is 3.94. The monoisotopic (exact) mass is 266 g/mol. The fourth-order valence-electron chi connectivity index (χ4n) is 1.54. The minimum atomic E-state index is -0.551. The summed E-state index contributed by atoms with van der Waals surface area (Å²) in [4.78, 5) is 22.4. The molecule has 104 valence electrons. The van der Waals surface area contributed by atoms with Crippen LogP contribution in [-0.2, 0) is 0 Å². The van der Waals surface area contributed by atoms with Gasteiger partial charge in [-0.15, -0.1) is 0 Å². The minimum Gasteiger partial charge on any atom is -0.487 e. The number of ether oxygens (including phenoxy) is 1. The molecule has 1 rings (SSSR count). The van der Waals surface area contributed by atoms with Gasteiger partial charge in [0, 0.05) is 12.6 Å². The molecule has 1 amide bonds. The van der Waals surface area contributed by atoms with Crippen LogP contribution in [-0.4, -0.2) is 24.0 Å². The predicted molar refractivity (Wildman–Crippen MR) is 71.4 cm³/mol. The van der Waals surface area contributed by atoms with Crippen LogP contribution in [0.4, 0.5) is 5.69 Å². The summed E-state index contributed by atoms with van der Waals surface area (Å²) >= 11 is 0. The molecule has 0 spiro atoms. The van der Waals surface area contributed by atoms with Crippen molar-refractivity contribution in [3.05, 3.63) is 33.9 Å². The molecular weight excluding hydrogens is 248 g/mol. The number of nitrogens with zero attached hydrogens (tertiary/aromatic N) is 1. The Bertz CT molecular complexity index is 472. The highest BCUT2D eigenvalue weighted by Crippen LogP contribution is 2.30. The van der Waals surface area contributed by atoms with Crippen molar-refractivity contribution < 1.29 is 14.5 Å². The lowest BCUT2D eigenvalue weighted by Crippen LogP contribution is -2.27. The van der Waals surface area contributed by atoms with Gasteiger partial charge in [0.15, 0.2) is 0 Å². The van der Waals surface area contributed by atoms with Crippen LogP contribution in [0.3, 0.4) is 0 Å². The molecule has 0 heterocycles. The molecular formula is C13H18N2O4. The van der Waals surface area contributed by atoms with Crippen LogP contribution in [0.1, 0.15) is 31.1 Å². The van der Waals surface area contributed by atoms with Crippen LogP contribution in [0.25, 0.3) is 0 Å².